The van der Waals surface area contributed by atoms with Crippen molar-refractivity contribution in [3.63, 3.8) is 0 Å². The second kappa shape index (κ2) is 2.78. The molecule has 3 N–H and O–H groups in total. The summed E-state index contributed by atoms with van der Waals surface area (Å²) in [5.74, 6) is -0.0000926. The summed E-state index contributed by atoms with van der Waals surface area (Å²) in [4.78, 5) is 4.00. The number of amidine groups is 1. The van der Waals surface area contributed by atoms with Crippen LogP contribution in [0.3, 0.4) is 0 Å². The minimum absolute atomic E-state index is 0.128. The maximum absolute atomic E-state index is 8.38. The summed E-state index contributed by atoms with van der Waals surface area (Å²) in [7, 11) is 0. The lowest BCUT2D eigenvalue weighted by molar-refractivity contribution is 0.317. The van der Waals surface area contributed by atoms with Gasteiger partial charge in [0.1, 0.15) is 5.52 Å². The predicted octanol–water partition coefficient (Wildman–Crippen LogP) is 0.922. The van der Waals surface area contributed by atoms with Crippen molar-refractivity contribution in [1.82, 2.24) is 4.98 Å². The average molecular weight is 177 g/mol. The van der Waals surface area contributed by atoms with E-state index in [-0.39, 0.29) is 11.7 Å². The van der Waals surface area contributed by atoms with E-state index in [0.717, 1.165) is 0 Å². The minimum Gasteiger partial charge on any atom is -0.434 e. The van der Waals surface area contributed by atoms with E-state index in [1.165, 1.54) is 0 Å². The fourth-order valence-corrected chi connectivity index (χ4v) is 1.02. The van der Waals surface area contributed by atoms with Crippen molar-refractivity contribution >= 4 is 16.9 Å². The van der Waals surface area contributed by atoms with Crippen LogP contribution in [-0.4, -0.2) is 16.0 Å². The zero-order valence-electron chi connectivity index (χ0n) is 6.64. The number of hydrogen-bond donors (Lipinski definition) is 2. The Balaban J connectivity index is 2.62. The third-order valence-corrected chi connectivity index (χ3v) is 1.62. The molecule has 66 valence electrons. The number of fused-ring (bicyclic) bond motifs is 1. The van der Waals surface area contributed by atoms with Crippen molar-refractivity contribution in [1.29, 1.82) is 0 Å². The van der Waals surface area contributed by atoms with Crippen LogP contribution in [-0.2, 0) is 0 Å². The van der Waals surface area contributed by atoms with Gasteiger partial charge in [-0.2, -0.15) is 0 Å². The summed E-state index contributed by atoms with van der Waals surface area (Å²) in [6.07, 6.45) is 0. The maximum Gasteiger partial charge on any atom is 0.266 e. The molecule has 0 fully saturated rings. The molecule has 1 aromatic heterocycles. The monoisotopic (exact) mass is 177 g/mol. The molecular weight excluding hydrogens is 170 g/mol. The van der Waals surface area contributed by atoms with E-state index in [4.69, 9.17) is 15.4 Å². The van der Waals surface area contributed by atoms with Crippen LogP contribution in [0.4, 0.5) is 0 Å². The van der Waals surface area contributed by atoms with Crippen LogP contribution in [0.1, 0.15) is 5.89 Å². The van der Waals surface area contributed by atoms with E-state index in [9.17, 15) is 0 Å². The van der Waals surface area contributed by atoms with Crippen molar-refractivity contribution in [2.45, 2.75) is 0 Å². The number of rotatable bonds is 1. The molecule has 0 aliphatic carbocycles. The standard InChI is InChI=1S/C8H7N3O2/c9-7(11-12)8-10-5-3-1-2-4-6(5)13-8/h1-4,12H,(H2,9,11). The predicted molar refractivity (Wildman–Crippen MR) is 46.5 cm³/mol. The lowest BCUT2D eigenvalue weighted by Gasteiger charge is -1.86. The number of nitrogens with zero attached hydrogens (tertiary/aromatic N) is 2. The Morgan fingerprint density at radius 3 is 2.92 bits per heavy atom. The average Bonchev–Trinajstić information content (AvgIpc) is 2.59. The Bertz CT molecular complexity index is 428. The first-order chi connectivity index (χ1) is 6.31. The Kier molecular flexibility index (Phi) is 1.63. The molecule has 0 bridgehead atoms. The van der Waals surface area contributed by atoms with Gasteiger partial charge in [0, 0.05) is 0 Å². The van der Waals surface area contributed by atoms with Gasteiger partial charge in [-0.1, -0.05) is 17.3 Å². The van der Waals surface area contributed by atoms with Crippen LogP contribution < -0.4 is 5.73 Å². The second-order valence-corrected chi connectivity index (χ2v) is 2.47. The molecule has 1 aromatic carbocycles. The lowest BCUT2D eigenvalue weighted by atomic mass is 10.3. The van der Waals surface area contributed by atoms with Gasteiger partial charge in [0.25, 0.3) is 5.89 Å². The van der Waals surface area contributed by atoms with Crippen LogP contribution in [0.5, 0.6) is 0 Å². The van der Waals surface area contributed by atoms with E-state index in [2.05, 4.69) is 10.1 Å². The fourth-order valence-electron chi connectivity index (χ4n) is 1.02. The molecule has 0 saturated heterocycles. The van der Waals surface area contributed by atoms with E-state index in [0.29, 0.717) is 11.1 Å². The molecule has 0 aliphatic heterocycles. The molecule has 0 saturated carbocycles. The first kappa shape index (κ1) is 7.60. The molecular formula is C8H7N3O2. The first-order valence-corrected chi connectivity index (χ1v) is 3.65. The van der Waals surface area contributed by atoms with Gasteiger partial charge in [-0.05, 0) is 12.1 Å². The molecule has 5 heteroatoms. The van der Waals surface area contributed by atoms with Gasteiger partial charge in [-0.15, -0.1) is 0 Å². The van der Waals surface area contributed by atoms with Gasteiger partial charge in [-0.3, -0.25) is 0 Å². The van der Waals surface area contributed by atoms with E-state index in [1.54, 1.807) is 12.1 Å². The number of aromatic nitrogens is 1. The Hall–Kier alpha value is -2.04. The topological polar surface area (TPSA) is 84.6 Å². The van der Waals surface area contributed by atoms with Gasteiger partial charge in [0.05, 0.1) is 0 Å². The van der Waals surface area contributed by atoms with Gasteiger partial charge >= 0.3 is 0 Å². The summed E-state index contributed by atoms with van der Waals surface area (Å²) in [5, 5.41) is 11.2. The van der Waals surface area contributed by atoms with Gasteiger partial charge in [0.15, 0.2) is 5.58 Å². The highest BCUT2D eigenvalue weighted by Gasteiger charge is 2.08. The van der Waals surface area contributed by atoms with Crippen LogP contribution >= 0.6 is 0 Å². The maximum atomic E-state index is 8.38. The summed E-state index contributed by atoms with van der Waals surface area (Å²) < 4.78 is 5.19. The van der Waals surface area contributed by atoms with Gasteiger partial charge in [-0.25, -0.2) is 4.98 Å². The van der Waals surface area contributed by atoms with E-state index < -0.39 is 0 Å². The van der Waals surface area contributed by atoms with Crippen molar-refractivity contribution in [3.8, 4) is 0 Å². The highest BCUT2D eigenvalue weighted by atomic mass is 16.4. The Morgan fingerprint density at radius 1 is 1.46 bits per heavy atom. The molecule has 0 amide bonds. The highest BCUT2D eigenvalue weighted by Crippen LogP contribution is 2.13. The minimum atomic E-state index is -0.129. The third-order valence-electron chi connectivity index (χ3n) is 1.62. The zero-order valence-corrected chi connectivity index (χ0v) is 6.64. The highest BCUT2D eigenvalue weighted by molar-refractivity contribution is 5.94. The molecule has 2 aromatic rings. The van der Waals surface area contributed by atoms with Crippen molar-refractivity contribution in [2.24, 2.45) is 10.9 Å². The zero-order chi connectivity index (χ0) is 9.26. The summed E-state index contributed by atoms with van der Waals surface area (Å²) in [6.45, 7) is 0. The largest absolute Gasteiger partial charge is 0.434 e. The summed E-state index contributed by atoms with van der Waals surface area (Å²) in [5.41, 5.74) is 6.60. The van der Waals surface area contributed by atoms with Crippen LogP contribution in [0.25, 0.3) is 11.1 Å². The summed E-state index contributed by atoms with van der Waals surface area (Å²) >= 11 is 0. The lowest BCUT2D eigenvalue weighted by Crippen LogP contribution is -2.13. The molecule has 5 nitrogen and oxygen atoms in total. The normalized spacial score (nSPS) is 12.2. The SMILES string of the molecule is N/C(=N\O)c1nc2ccccc2o1. The number of oxime groups is 1. The molecule has 0 atom stereocenters. The molecule has 0 spiro atoms. The van der Waals surface area contributed by atoms with Crippen molar-refractivity contribution in [2.75, 3.05) is 0 Å². The van der Waals surface area contributed by atoms with Crippen molar-refractivity contribution < 1.29 is 9.62 Å². The molecule has 0 radical (unpaired) electrons. The Labute approximate surface area is 73.5 Å². The van der Waals surface area contributed by atoms with Crippen LogP contribution in [0.15, 0.2) is 33.8 Å². The first-order valence-electron chi connectivity index (χ1n) is 3.65. The van der Waals surface area contributed by atoms with Crippen molar-refractivity contribution in [3.05, 3.63) is 30.2 Å². The van der Waals surface area contributed by atoms with Crippen LogP contribution in [0, 0.1) is 0 Å². The van der Waals surface area contributed by atoms with E-state index in [1.807, 2.05) is 12.1 Å². The third kappa shape index (κ3) is 1.20. The van der Waals surface area contributed by atoms with Gasteiger partial charge in [0.2, 0.25) is 5.84 Å². The van der Waals surface area contributed by atoms with Crippen LogP contribution in [0.2, 0.25) is 0 Å². The smallest absolute Gasteiger partial charge is 0.266 e. The molecule has 13 heavy (non-hydrogen) atoms. The Morgan fingerprint density at radius 2 is 2.23 bits per heavy atom. The number of para-hydroxylation sites is 2. The number of hydrogen-bond acceptors (Lipinski definition) is 4. The van der Waals surface area contributed by atoms with Gasteiger partial charge < -0.3 is 15.4 Å². The fraction of sp³-hybridized carbons (Fsp3) is 0. The quantitative estimate of drug-likeness (QED) is 0.293. The second-order valence-electron chi connectivity index (χ2n) is 2.47. The van der Waals surface area contributed by atoms with E-state index >= 15 is 0 Å². The molecule has 1 heterocycles. The summed E-state index contributed by atoms with van der Waals surface area (Å²) in [6, 6.07) is 7.20. The molecule has 0 unspecified atom stereocenters. The molecule has 0 aliphatic rings. The number of nitrogens with two attached hydrogens (primary N) is 1. The molecule has 2 rings (SSSR count). The number of oxazole rings is 1. The number of benzene rings is 1.